The Hall–Kier alpha value is -3.49. The summed E-state index contributed by atoms with van der Waals surface area (Å²) in [6, 6.07) is 9.53. The average molecular weight is 346 g/mol. The molecule has 0 aromatic heterocycles. The highest BCUT2D eigenvalue weighted by molar-refractivity contribution is 5.90. The Labute approximate surface area is 142 Å². The summed E-state index contributed by atoms with van der Waals surface area (Å²) in [6.45, 7) is 1.60. The molecular formula is C16H14N2O7. The molecule has 0 aliphatic carbocycles. The zero-order chi connectivity index (χ0) is 18.4. The molecule has 0 heterocycles. The molecule has 2 rings (SSSR count). The van der Waals surface area contributed by atoms with Crippen molar-refractivity contribution in [1.29, 1.82) is 0 Å². The highest BCUT2D eigenvalue weighted by Gasteiger charge is 2.20. The number of hydrogen-bond acceptors (Lipinski definition) is 7. The molecule has 130 valence electrons. The van der Waals surface area contributed by atoms with Crippen LogP contribution in [0, 0.1) is 20.2 Å². The molecular weight excluding hydrogens is 332 g/mol. The monoisotopic (exact) mass is 346 g/mol. The van der Waals surface area contributed by atoms with Crippen LogP contribution in [0.1, 0.15) is 22.8 Å². The van der Waals surface area contributed by atoms with Crippen molar-refractivity contribution in [2.75, 3.05) is 6.61 Å². The first kappa shape index (κ1) is 17.9. The SMILES string of the molecule is CCOc1ccc(C(=O)OCc2ccccc2[N+](=O)[O-])cc1[N+](=O)[O-]. The first-order valence-corrected chi connectivity index (χ1v) is 7.24. The molecule has 0 radical (unpaired) electrons. The zero-order valence-corrected chi connectivity index (χ0v) is 13.2. The van der Waals surface area contributed by atoms with Gasteiger partial charge in [-0.2, -0.15) is 0 Å². The Morgan fingerprint density at radius 2 is 1.72 bits per heavy atom. The number of nitrogens with zero attached hydrogens (tertiary/aromatic N) is 2. The predicted molar refractivity (Wildman–Crippen MR) is 86.5 cm³/mol. The molecule has 0 unspecified atom stereocenters. The van der Waals surface area contributed by atoms with Crippen LogP contribution in [0.2, 0.25) is 0 Å². The predicted octanol–water partition coefficient (Wildman–Crippen LogP) is 3.26. The number of esters is 1. The Kier molecular flexibility index (Phi) is 5.62. The number of hydrogen-bond donors (Lipinski definition) is 0. The van der Waals surface area contributed by atoms with Crippen LogP contribution in [0.5, 0.6) is 5.75 Å². The standard InChI is InChI=1S/C16H14N2O7/c1-2-24-15-8-7-11(9-14(15)18(22)23)16(19)25-10-12-5-3-4-6-13(12)17(20)21/h3-9H,2,10H2,1H3. The van der Waals surface area contributed by atoms with Crippen LogP contribution < -0.4 is 4.74 Å². The maximum absolute atomic E-state index is 12.1. The van der Waals surface area contributed by atoms with Crippen molar-refractivity contribution in [2.45, 2.75) is 13.5 Å². The van der Waals surface area contributed by atoms with E-state index in [-0.39, 0.29) is 41.5 Å². The lowest BCUT2D eigenvalue weighted by Gasteiger charge is -2.07. The van der Waals surface area contributed by atoms with Gasteiger partial charge in [-0.15, -0.1) is 0 Å². The van der Waals surface area contributed by atoms with Crippen molar-refractivity contribution in [3.63, 3.8) is 0 Å². The summed E-state index contributed by atoms with van der Waals surface area (Å²) in [7, 11) is 0. The van der Waals surface area contributed by atoms with Crippen LogP contribution >= 0.6 is 0 Å². The van der Waals surface area contributed by atoms with E-state index >= 15 is 0 Å². The molecule has 0 spiro atoms. The molecule has 25 heavy (non-hydrogen) atoms. The summed E-state index contributed by atoms with van der Waals surface area (Å²) in [5.41, 5.74) is -0.356. The maximum Gasteiger partial charge on any atom is 0.338 e. The fourth-order valence-corrected chi connectivity index (χ4v) is 2.10. The molecule has 0 saturated heterocycles. The molecule has 0 bridgehead atoms. The number of nitro groups is 2. The van der Waals surface area contributed by atoms with Crippen molar-refractivity contribution in [2.24, 2.45) is 0 Å². The molecule has 0 fully saturated rings. The van der Waals surface area contributed by atoms with E-state index in [0.29, 0.717) is 0 Å². The normalized spacial score (nSPS) is 10.1. The van der Waals surface area contributed by atoms with Gasteiger partial charge in [-0.25, -0.2) is 4.79 Å². The molecule has 0 N–H and O–H groups in total. The van der Waals surface area contributed by atoms with Crippen LogP contribution in [-0.4, -0.2) is 22.4 Å². The lowest BCUT2D eigenvalue weighted by Crippen LogP contribution is -2.08. The van der Waals surface area contributed by atoms with Gasteiger partial charge in [0.1, 0.15) is 6.61 Å². The summed E-state index contributed by atoms with van der Waals surface area (Å²) < 4.78 is 10.2. The molecule has 9 nitrogen and oxygen atoms in total. The first-order chi connectivity index (χ1) is 11.9. The van der Waals surface area contributed by atoms with Gasteiger partial charge in [0, 0.05) is 12.1 Å². The molecule has 0 aliphatic heterocycles. The number of para-hydroxylation sites is 1. The Morgan fingerprint density at radius 3 is 2.36 bits per heavy atom. The average Bonchev–Trinajstić information content (AvgIpc) is 2.60. The number of ether oxygens (including phenoxy) is 2. The third-order valence-corrected chi connectivity index (χ3v) is 3.24. The maximum atomic E-state index is 12.1. The molecule has 0 aliphatic rings. The summed E-state index contributed by atoms with van der Waals surface area (Å²) in [4.78, 5) is 32.8. The third-order valence-electron chi connectivity index (χ3n) is 3.24. The molecule has 2 aromatic carbocycles. The van der Waals surface area contributed by atoms with Gasteiger partial charge in [-0.1, -0.05) is 12.1 Å². The number of benzene rings is 2. The molecule has 0 atom stereocenters. The van der Waals surface area contributed by atoms with Crippen molar-refractivity contribution in [3.05, 3.63) is 73.8 Å². The van der Waals surface area contributed by atoms with Crippen LogP contribution in [-0.2, 0) is 11.3 Å². The Morgan fingerprint density at radius 1 is 1.04 bits per heavy atom. The van der Waals surface area contributed by atoms with E-state index < -0.39 is 15.8 Å². The van der Waals surface area contributed by atoms with Gasteiger partial charge in [0.15, 0.2) is 5.75 Å². The smallest absolute Gasteiger partial charge is 0.338 e. The van der Waals surface area contributed by atoms with Gasteiger partial charge in [-0.05, 0) is 25.1 Å². The van der Waals surface area contributed by atoms with Crippen LogP contribution in [0.15, 0.2) is 42.5 Å². The van der Waals surface area contributed by atoms with E-state index in [9.17, 15) is 25.0 Å². The number of carbonyl (C=O) groups excluding carboxylic acids is 1. The van der Waals surface area contributed by atoms with Crippen LogP contribution in [0.25, 0.3) is 0 Å². The quantitative estimate of drug-likeness (QED) is 0.428. The van der Waals surface area contributed by atoms with Crippen LogP contribution in [0.3, 0.4) is 0 Å². The van der Waals surface area contributed by atoms with Gasteiger partial charge in [0.25, 0.3) is 5.69 Å². The Bertz CT molecular complexity index is 820. The number of rotatable bonds is 7. The topological polar surface area (TPSA) is 122 Å². The summed E-state index contributed by atoms with van der Waals surface area (Å²) in [5.74, 6) is -0.785. The van der Waals surface area contributed by atoms with Gasteiger partial charge >= 0.3 is 11.7 Å². The first-order valence-electron chi connectivity index (χ1n) is 7.24. The summed E-state index contributed by atoms with van der Waals surface area (Å²) in [6.07, 6.45) is 0. The lowest BCUT2D eigenvalue weighted by molar-refractivity contribution is -0.386. The van der Waals surface area contributed by atoms with E-state index in [1.807, 2.05) is 0 Å². The van der Waals surface area contributed by atoms with E-state index in [4.69, 9.17) is 9.47 Å². The van der Waals surface area contributed by atoms with Crippen molar-refractivity contribution in [3.8, 4) is 5.75 Å². The molecule has 0 saturated carbocycles. The zero-order valence-electron chi connectivity index (χ0n) is 13.2. The molecule has 2 aromatic rings. The van der Waals surface area contributed by atoms with E-state index in [2.05, 4.69) is 0 Å². The number of nitro benzene ring substituents is 2. The second-order valence-corrected chi connectivity index (χ2v) is 4.83. The third kappa shape index (κ3) is 4.28. The minimum Gasteiger partial charge on any atom is -0.487 e. The Balaban J connectivity index is 2.18. The van der Waals surface area contributed by atoms with Gasteiger partial charge in [0.2, 0.25) is 0 Å². The largest absolute Gasteiger partial charge is 0.487 e. The van der Waals surface area contributed by atoms with Gasteiger partial charge < -0.3 is 9.47 Å². The number of carbonyl (C=O) groups is 1. The molecule has 9 heteroatoms. The minimum absolute atomic E-state index is 0.0442. The minimum atomic E-state index is -0.829. The molecule has 0 amide bonds. The highest BCUT2D eigenvalue weighted by atomic mass is 16.6. The van der Waals surface area contributed by atoms with Gasteiger partial charge in [-0.3, -0.25) is 20.2 Å². The van der Waals surface area contributed by atoms with Crippen LogP contribution in [0.4, 0.5) is 11.4 Å². The summed E-state index contributed by atoms with van der Waals surface area (Å²) >= 11 is 0. The highest BCUT2D eigenvalue weighted by Crippen LogP contribution is 2.28. The van der Waals surface area contributed by atoms with Crippen molar-refractivity contribution < 1.29 is 24.1 Å². The van der Waals surface area contributed by atoms with Gasteiger partial charge in [0.05, 0.1) is 27.6 Å². The lowest BCUT2D eigenvalue weighted by atomic mass is 10.2. The van der Waals surface area contributed by atoms with Crippen molar-refractivity contribution >= 4 is 17.3 Å². The second-order valence-electron chi connectivity index (χ2n) is 4.83. The second kappa shape index (κ2) is 7.86. The fourth-order valence-electron chi connectivity index (χ4n) is 2.10. The fraction of sp³-hybridized carbons (Fsp3) is 0.188. The van der Waals surface area contributed by atoms with E-state index in [1.165, 1.54) is 30.3 Å². The summed E-state index contributed by atoms with van der Waals surface area (Å²) in [5, 5.41) is 22.0. The van der Waals surface area contributed by atoms with E-state index in [0.717, 1.165) is 6.07 Å². The van der Waals surface area contributed by atoms with E-state index in [1.54, 1.807) is 13.0 Å². The van der Waals surface area contributed by atoms with Crippen molar-refractivity contribution in [1.82, 2.24) is 0 Å².